The van der Waals surface area contributed by atoms with Gasteiger partial charge in [0.2, 0.25) is 15.9 Å². The number of rotatable bonds is 5. The molecule has 0 radical (unpaired) electrons. The average molecular weight is 416 g/mol. The first-order chi connectivity index (χ1) is 13.8. The van der Waals surface area contributed by atoms with Gasteiger partial charge in [0.05, 0.1) is 19.9 Å². The van der Waals surface area contributed by atoms with Crippen LogP contribution >= 0.6 is 0 Å². The fourth-order valence-electron chi connectivity index (χ4n) is 4.29. The summed E-state index contributed by atoms with van der Waals surface area (Å²) < 4.78 is 37.3. The van der Waals surface area contributed by atoms with E-state index < -0.39 is 20.7 Å². The third-order valence-corrected chi connectivity index (χ3v) is 8.42. The molecule has 1 heterocycles. The van der Waals surface area contributed by atoms with E-state index in [0.29, 0.717) is 35.8 Å². The predicted molar refractivity (Wildman–Crippen MR) is 111 cm³/mol. The summed E-state index contributed by atoms with van der Waals surface area (Å²) >= 11 is 0. The van der Waals surface area contributed by atoms with E-state index in [1.165, 1.54) is 18.5 Å². The van der Waals surface area contributed by atoms with Gasteiger partial charge in [0, 0.05) is 24.2 Å². The highest BCUT2D eigenvalue weighted by Gasteiger charge is 2.75. The highest BCUT2D eigenvalue weighted by atomic mass is 32.2. The SMILES string of the molecule is COc1ccc(NC(=O)[C@@]23C[C@@H]2CN(c2c(C)cccc2C)S3(=O)=O)cc1OC. The minimum atomic E-state index is -3.83. The molecule has 7 nitrogen and oxygen atoms in total. The second-order valence-corrected chi connectivity index (χ2v) is 9.71. The third-order valence-electron chi connectivity index (χ3n) is 5.90. The molecule has 0 bridgehead atoms. The average Bonchev–Trinajstić information content (AvgIpc) is 3.38. The van der Waals surface area contributed by atoms with E-state index in [0.717, 1.165) is 11.1 Å². The van der Waals surface area contributed by atoms with Crippen molar-refractivity contribution in [2.24, 2.45) is 5.92 Å². The predicted octanol–water partition coefficient (Wildman–Crippen LogP) is 2.87. The quantitative estimate of drug-likeness (QED) is 0.810. The summed E-state index contributed by atoms with van der Waals surface area (Å²) in [6, 6.07) is 10.6. The Morgan fingerprint density at radius 1 is 1.10 bits per heavy atom. The van der Waals surface area contributed by atoms with Crippen molar-refractivity contribution in [1.29, 1.82) is 0 Å². The first kappa shape index (κ1) is 19.6. The van der Waals surface area contributed by atoms with Gasteiger partial charge in [-0.3, -0.25) is 9.10 Å². The van der Waals surface area contributed by atoms with Gasteiger partial charge >= 0.3 is 0 Å². The number of hydrogen-bond donors (Lipinski definition) is 1. The summed E-state index contributed by atoms with van der Waals surface area (Å²) in [6.45, 7) is 4.10. The molecule has 0 aromatic heterocycles. The Hall–Kier alpha value is -2.74. The van der Waals surface area contributed by atoms with Crippen molar-refractivity contribution in [3.05, 3.63) is 47.5 Å². The minimum absolute atomic E-state index is 0.216. The first-order valence-electron chi connectivity index (χ1n) is 9.38. The minimum Gasteiger partial charge on any atom is -0.493 e. The Morgan fingerprint density at radius 2 is 1.76 bits per heavy atom. The molecule has 0 spiro atoms. The highest BCUT2D eigenvalue weighted by Crippen LogP contribution is 2.59. The molecule has 8 heteroatoms. The van der Waals surface area contributed by atoms with Crippen LogP contribution in [-0.4, -0.2) is 39.8 Å². The van der Waals surface area contributed by atoms with E-state index in [1.54, 1.807) is 18.2 Å². The Balaban J connectivity index is 1.64. The largest absolute Gasteiger partial charge is 0.493 e. The number of amides is 1. The van der Waals surface area contributed by atoms with Gasteiger partial charge in [0.1, 0.15) is 0 Å². The van der Waals surface area contributed by atoms with Crippen molar-refractivity contribution < 1.29 is 22.7 Å². The monoisotopic (exact) mass is 416 g/mol. The van der Waals surface area contributed by atoms with Crippen molar-refractivity contribution in [3.8, 4) is 11.5 Å². The van der Waals surface area contributed by atoms with Crippen LogP contribution in [0.2, 0.25) is 0 Å². The van der Waals surface area contributed by atoms with Crippen LogP contribution in [0.3, 0.4) is 0 Å². The molecule has 0 unspecified atom stereocenters. The second-order valence-electron chi connectivity index (χ2n) is 7.59. The number of hydrogen-bond acceptors (Lipinski definition) is 5. The molecule has 2 fully saturated rings. The molecule has 2 aromatic rings. The number of para-hydroxylation sites is 1. The van der Waals surface area contributed by atoms with Crippen molar-refractivity contribution in [3.63, 3.8) is 0 Å². The molecular weight excluding hydrogens is 392 g/mol. The summed E-state index contributed by atoms with van der Waals surface area (Å²) in [5.41, 5.74) is 2.90. The Bertz CT molecular complexity index is 1080. The molecule has 1 aliphatic carbocycles. The molecule has 4 rings (SSSR count). The van der Waals surface area contributed by atoms with Gasteiger partial charge < -0.3 is 14.8 Å². The zero-order valence-corrected chi connectivity index (χ0v) is 17.7. The number of nitrogens with zero attached hydrogens (tertiary/aromatic N) is 1. The zero-order valence-electron chi connectivity index (χ0n) is 16.9. The lowest BCUT2D eigenvalue weighted by atomic mass is 10.1. The Morgan fingerprint density at radius 3 is 2.38 bits per heavy atom. The van der Waals surface area contributed by atoms with Crippen LogP contribution in [0.1, 0.15) is 17.5 Å². The van der Waals surface area contributed by atoms with Crippen LogP contribution in [0.5, 0.6) is 11.5 Å². The molecule has 1 saturated heterocycles. The number of nitrogens with one attached hydrogen (secondary N) is 1. The normalized spacial score (nSPS) is 24.0. The number of sulfonamides is 1. The molecule has 154 valence electrons. The summed E-state index contributed by atoms with van der Waals surface area (Å²) in [6.07, 6.45) is 0.343. The first-order valence-corrected chi connectivity index (χ1v) is 10.8. The van der Waals surface area contributed by atoms with Crippen molar-refractivity contribution in [1.82, 2.24) is 0 Å². The van der Waals surface area contributed by atoms with Crippen molar-refractivity contribution in [2.45, 2.75) is 25.0 Å². The van der Waals surface area contributed by atoms with Gasteiger partial charge in [0.15, 0.2) is 16.2 Å². The molecular formula is C21H24N2O5S. The van der Waals surface area contributed by atoms with Crippen LogP contribution in [0, 0.1) is 19.8 Å². The lowest BCUT2D eigenvalue weighted by molar-refractivity contribution is -0.116. The standard InChI is InChI=1S/C21H24N2O5S/c1-13-6-5-7-14(2)19(13)23-12-15-11-21(15,29(23,25)26)20(24)22-16-8-9-17(27-3)18(10-16)28-4/h5-10,15H,11-12H2,1-4H3,(H,22,24)/t15-,21-/m1/s1. The van der Waals surface area contributed by atoms with Gasteiger partial charge in [0.25, 0.3) is 0 Å². The molecule has 2 atom stereocenters. The van der Waals surface area contributed by atoms with Gasteiger partial charge in [-0.15, -0.1) is 0 Å². The number of fused-ring (bicyclic) bond motifs is 1. The Kier molecular flexibility index (Phi) is 4.49. The van der Waals surface area contributed by atoms with Gasteiger partial charge in [-0.1, -0.05) is 18.2 Å². The van der Waals surface area contributed by atoms with E-state index in [-0.39, 0.29) is 5.92 Å². The highest BCUT2D eigenvalue weighted by molar-refractivity contribution is 7.95. The fourth-order valence-corrected chi connectivity index (χ4v) is 6.78. The zero-order chi connectivity index (χ0) is 21.0. The maximum Gasteiger partial charge on any atom is 0.250 e. The maximum absolute atomic E-state index is 13.4. The lowest BCUT2D eigenvalue weighted by Crippen LogP contribution is -2.42. The number of ether oxygens (including phenoxy) is 2. The number of carbonyl (C=O) groups is 1. The summed E-state index contributed by atoms with van der Waals surface area (Å²) in [7, 11) is -0.806. The smallest absolute Gasteiger partial charge is 0.250 e. The third kappa shape index (κ3) is 2.77. The summed E-state index contributed by atoms with van der Waals surface area (Å²) in [4.78, 5) is 13.1. The van der Waals surface area contributed by atoms with Crippen molar-refractivity contribution in [2.75, 3.05) is 30.4 Å². The van der Waals surface area contributed by atoms with Crippen LogP contribution < -0.4 is 19.1 Å². The number of methoxy groups -OCH3 is 2. The van der Waals surface area contributed by atoms with Crippen LogP contribution in [0.15, 0.2) is 36.4 Å². The number of carbonyl (C=O) groups excluding carboxylic acids is 1. The lowest BCUT2D eigenvalue weighted by Gasteiger charge is -2.26. The van der Waals surface area contributed by atoms with E-state index >= 15 is 0 Å². The van der Waals surface area contributed by atoms with E-state index in [1.807, 2.05) is 32.0 Å². The van der Waals surface area contributed by atoms with Gasteiger partial charge in [-0.05, 0) is 43.5 Å². The van der Waals surface area contributed by atoms with Crippen LogP contribution in [0.4, 0.5) is 11.4 Å². The number of aryl methyl sites for hydroxylation is 2. The number of benzene rings is 2. The molecule has 2 aromatic carbocycles. The summed E-state index contributed by atoms with van der Waals surface area (Å²) in [5, 5.41) is 2.77. The van der Waals surface area contributed by atoms with Gasteiger partial charge in [-0.25, -0.2) is 8.42 Å². The molecule has 29 heavy (non-hydrogen) atoms. The van der Waals surface area contributed by atoms with Gasteiger partial charge in [-0.2, -0.15) is 0 Å². The molecule has 1 aliphatic heterocycles. The molecule has 1 saturated carbocycles. The molecule has 1 N–H and O–H groups in total. The maximum atomic E-state index is 13.4. The van der Waals surface area contributed by atoms with Crippen LogP contribution in [-0.2, 0) is 14.8 Å². The van der Waals surface area contributed by atoms with Crippen LogP contribution in [0.25, 0.3) is 0 Å². The second kappa shape index (κ2) is 6.66. The molecule has 1 amide bonds. The topological polar surface area (TPSA) is 84.9 Å². The Labute approximate surface area is 170 Å². The molecule has 2 aliphatic rings. The van der Waals surface area contributed by atoms with E-state index in [2.05, 4.69) is 5.32 Å². The number of anilines is 2. The fraction of sp³-hybridized carbons (Fsp3) is 0.381. The summed E-state index contributed by atoms with van der Waals surface area (Å²) in [5.74, 6) is 0.277. The van der Waals surface area contributed by atoms with E-state index in [4.69, 9.17) is 9.47 Å². The van der Waals surface area contributed by atoms with Crippen molar-refractivity contribution >= 4 is 27.3 Å². The van der Waals surface area contributed by atoms with E-state index in [9.17, 15) is 13.2 Å².